The van der Waals surface area contributed by atoms with Crippen LogP contribution in [0.2, 0.25) is 0 Å². The second-order valence-electron chi connectivity index (χ2n) is 12.3. The van der Waals surface area contributed by atoms with Gasteiger partial charge in [-0.2, -0.15) is 13.2 Å². The molecule has 0 N–H and O–H groups in total. The van der Waals surface area contributed by atoms with E-state index in [-0.39, 0.29) is 48.1 Å². The van der Waals surface area contributed by atoms with E-state index >= 15 is 4.39 Å². The Bertz CT molecular complexity index is 1380. The Labute approximate surface area is 242 Å². The zero-order valence-corrected chi connectivity index (χ0v) is 23.9. The molecule has 0 bridgehead atoms. The lowest BCUT2D eigenvalue weighted by atomic mass is 9.73. The van der Waals surface area contributed by atoms with Gasteiger partial charge in [0.25, 0.3) is 0 Å². The number of ether oxygens (including phenoxy) is 2. The average Bonchev–Trinajstić information content (AvgIpc) is 2.94. The van der Waals surface area contributed by atoms with Crippen LogP contribution in [0, 0.1) is 5.41 Å². The predicted octanol–water partition coefficient (Wildman–Crippen LogP) is 9.69. The minimum absolute atomic E-state index is 0.0546. The lowest BCUT2D eigenvalue weighted by molar-refractivity contribution is -0.137. The summed E-state index contributed by atoms with van der Waals surface area (Å²) in [5.41, 5.74) is 2.06. The molecule has 0 aliphatic heterocycles. The number of halogens is 6. The van der Waals surface area contributed by atoms with Crippen molar-refractivity contribution in [2.45, 2.75) is 89.3 Å². The number of hydrogen-bond donors (Lipinski definition) is 0. The van der Waals surface area contributed by atoms with Gasteiger partial charge in [0.2, 0.25) is 5.92 Å². The maximum absolute atomic E-state index is 16.3. The first-order valence-corrected chi connectivity index (χ1v) is 14.2. The van der Waals surface area contributed by atoms with Gasteiger partial charge < -0.3 is 9.47 Å². The molecule has 42 heavy (non-hydrogen) atoms. The molecule has 1 fully saturated rings. The van der Waals surface area contributed by atoms with Gasteiger partial charge in [-0.05, 0) is 72.6 Å². The maximum atomic E-state index is 16.3. The molecule has 0 saturated heterocycles. The van der Waals surface area contributed by atoms with Crippen LogP contribution in [0.3, 0.4) is 0 Å². The summed E-state index contributed by atoms with van der Waals surface area (Å²) in [7, 11) is 1.59. The lowest BCUT2D eigenvalue weighted by Gasteiger charge is -2.38. The summed E-state index contributed by atoms with van der Waals surface area (Å²) in [6, 6.07) is 13.2. The number of pyridine rings is 1. The van der Waals surface area contributed by atoms with Gasteiger partial charge in [0.15, 0.2) is 6.17 Å². The molecule has 1 saturated carbocycles. The van der Waals surface area contributed by atoms with Crippen LogP contribution in [0.15, 0.2) is 54.6 Å². The highest BCUT2D eigenvalue weighted by molar-refractivity contribution is 5.42. The number of benzene rings is 2. The largest absolute Gasteiger partial charge is 0.497 e. The standard InChI is InChI=1S/C33H35F6NO2/c1-31(2)17-27-25(28(18-31)42-19-20-4-10-24(41-3)11-5-20)16-26(30(40-27)22-12-14-32(35,36)15-13-22)29(34)21-6-8-23(9-7-21)33(37,38)39/h4-11,16,22,28-29H,12-15,17-19H2,1-3H3/t28?,29-/m0/s1. The molecule has 3 aromatic rings. The Morgan fingerprint density at radius 2 is 1.62 bits per heavy atom. The third-order valence-electron chi connectivity index (χ3n) is 8.44. The summed E-state index contributed by atoms with van der Waals surface area (Å²) in [5, 5.41) is 0. The Balaban J connectivity index is 1.52. The Morgan fingerprint density at radius 3 is 2.21 bits per heavy atom. The Hall–Kier alpha value is -3.07. The van der Waals surface area contributed by atoms with Gasteiger partial charge in [-0.1, -0.05) is 38.1 Å². The molecule has 0 spiro atoms. The van der Waals surface area contributed by atoms with E-state index in [1.165, 1.54) is 0 Å². The summed E-state index contributed by atoms with van der Waals surface area (Å²) in [6.45, 7) is 4.52. The van der Waals surface area contributed by atoms with Gasteiger partial charge in [0.05, 0.1) is 31.1 Å². The highest BCUT2D eigenvalue weighted by Crippen LogP contribution is 2.48. The Morgan fingerprint density at radius 1 is 0.976 bits per heavy atom. The molecule has 1 aromatic heterocycles. The van der Waals surface area contributed by atoms with Gasteiger partial charge in [0.1, 0.15) is 5.75 Å². The van der Waals surface area contributed by atoms with E-state index in [1.54, 1.807) is 13.2 Å². The molecular weight excluding hydrogens is 556 g/mol. The fraction of sp³-hybridized carbons (Fsp3) is 0.485. The van der Waals surface area contributed by atoms with Crippen LogP contribution < -0.4 is 4.74 Å². The number of fused-ring (bicyclic) bond motifs is 1. The summed E-state index contributed by atoms with van der Waals surface area (Å²) < 4.78 is 95.5. The molecule has 2 atom stereocenters. The molecule has 5 rings (SSSR count). The molecular formula is C33H35F6NO2. The molecule has 2 aliphatic rings. The molecule has 226 valence electrons. The number of methoxy groups -OCH3 is 1. The van der Waals surface area contributed by atoms with E-state index in [4.69, 9.17) is 14.5 Å². The van der Waals surface area contributed by atoms with Crippen molar-refractivity contribution in [3.8, 4) is 5.75 Å². The first-order chi connectivity index (χ1) is 19.7. The van der Waals surface area contributed by atoms with Gasteiger partial charge in [-0.25, -0.2) is 13.2 Å². The summed E-state index contributed by atoms with van der Waals surface area (Å²) >= 11 is 0. The average molecular weight is 592 g/mol. The predicted molar refractivity (Wildman–Crippen MR) is 147 cm³/mol. The van der Waals surface area contributed by atoms with Crippen molar-refractivity contribution in [3.05, 3.63) is 93.8 Å². The minimum atomic E-state index is -4.54. The maximum Gasteiger partial charge on any atom is 0.416 e. The van der Waals surface area contributed by atoms with Crippen molar-refractivity contribution in [3.63, 3.8) is 0 Å². The van der Waals surface area contributed by atoms with E-state index in [1.807, 2.05) is 24.3 Å². The topological polar surface area (TPSA) is 31.4 Å². The monoisotopic (exact) mass is 591 g/mol. The third-order valence-corrected chi connectivity index (χ3v) is 8.44. The van der Waals surface area contributed by atoms with Crippen molar-refractivity contribution in [2.24, 2.45) is 5.41 Å². The number of hydrogen-bond acceptors (Lipinski definition) is 3. The van der Waals surface area contributed by atoms with Gasteiger partial charge >= 0.3 is 6.18 Å². The van der Waals surface area contributed by atoms with E-state index in [0.29, 0.717) is 25.1 Å². The van der Waals surface area contributed by atoms with Gasteiger partial charge in [0, 0.05) is 35.6 Å². The molecule has 2 aromatic carbocycles. The SMILES string of the molecule is COc1ccc(COC2CC(C)(C)Cc3nc(C4CCC(F)(F)CC4)c([C@@H](F)c4ccc(C(F)(F)F)cc4)cc32)cc1. The lowest BCUT2D eigenvalue weighted by Crippen LogP contribution is -2.30. The van der Waals surface area contributed by atoms with Crippen LogP contribution in [-0.4, -0.2) is 18.0 Å². The van der Waals surface area contributed by atoms with E-state index < -0.39 is 29.9 Å². The second kappa shape index (κ2) is 11.5. The summed E-state index contributed by atoms with van der Waals surface area (Å²) in [5.74, 6) is -2.42. The van der Waals surface area contributed by atoms with E-state index in [9.17, 15) is 22.0 Å². The fourth-order valence-electron chi connectivity index (χ4n) is 6.09. The van der Waals surface area contributed by atoms with Crippen molar-refractivity contribution in [2.75, 3.05) is 7.11 Å². The van der Waals surface area contributed by atoms with Crippen LogP contribution in [0.1, 0.15) is 103 Å². The normalized spacial score (nSPS) is 21.0. The first-order valence-electron chi connectivity index (χ1n) is 14.2. The van der Waals surface area contributed by atoms with Gasteiger partial charge in [-0.3, -0.25) is 4.98 Å². The van der Waals surface area contributed by atoms with Crippen molar-refractivity contribution >= 4 is 0 Å². The quantitative estimate of drug-likeness (QED) is 0.256. The third kappa shape index (κ3) is 6.77. The van der Waals surface area contributed by atoms with Crippen LogP contribution in [-0.2, 0) is 23.9 Å². The second-order valence-corrected chi connectivity index (χ2v) is 12.3. The number of rotatable bonds is 7. The van der Waals surface area contributed by atoms with Crippen molar-refractivity contribution in [1.29, 1.82) is 0 Å². The minimum Gasteiger partial charge on any atom is -0.497 e. The summed E-state index contributed by atoms with van der Waals surface area (Å²) in [4.78, 5) is 4.95. The molecule has 0 radical (unpaired) electrons. The zero-order valence-electron chi connectivity index (χ0n) is 23.9. The first kappa shape index (κ1) is 30.4. The molecule has 2 aliphatic carbocycles. The summed E-state index contributed by atoms with van der Waals surface area (Å²) in [6.07, 6.45) is -5.77. The number of aromatic nitrogens is 1. The molecule has 0 amide bonds. The molecule has 1 unspecified atom stereocenters. The fourth-order valence-corrected chi connectivity index (χ4v) is 6.09. The van der Waals surface area contributed by atoms with Gasteiger partial charge in [-0.15, -0.1) is 0 Å². The molecule has 1 heterocycles. The van der Waals surface area contributed by atoms with Crippen LogP contribution in [0.5, 0.6) is 5.75 Å². The number of alkyl halides is 6. The highest BCUT2D eigenvalue weighted by Gasteiger charge is 2.40. The van der Waals surface area contributed by atoms with E-state index in [2.05, 4.69) is 13.8 Å². The van der Waals surface area contributed by atoms with Crippen molar-refractivity contribution < 1.29 is 35.8 Å². The van der Waals surface area contributed by atoms with Crippen molar-refractivity contribution in [1.82, 2.24) is 4.98 Å². The van der Waals surface area contributed by atoms with Crippen LogP contribution in [0.4, 0.5) is 26.3 Å². The van der Waals surface area contributed by atoms with Crippen LogP contribution >= 0.6 is 0 Å². The highest BCUT2D eigenvalue weighted by atomic mass is 19.4. The van der Waals surface area contributed by atoms with E-state index in [0.717, 1.165) is 46.8 Å². The zero-order chi connectivity index (χ0) is 30.3. The Kier molecular flexibility index (Phi) is 8.36. The molecule has 3 nitrogen and oxygen atoms in total. The smallest absolute Gasteiger partial charge is 0.416 e. The van der Waals surface area contributed by atoms with Crippen LogP contribution in [0.25, 0.3) is 0 Å². The molecule has 9 heteroatoms. The number of nitrogens with zero attached hydrogens (tertiary/aromatic N) is 1.